The molecule has 0 aliphatic heterocycles. The highest BCUT2D eigenvalue weighted by molar-refractivity contribution is 5.71. The average Bonchev–Trinajstić information content (AvgIpc) is 3.35. The van der Waals surface area contributed by atoms with Crippen molar-refractivity contribution >= 4 is 17.9 Å². The fraction of sp³-hybridized carbons (Fsp3) is 0.667. The van der Waals surface area contributed by atoms with Crippen LogP contribution in [0, 0.1) is 0 Å². The Hall–Kier alpha value is -3.93. The van der Waals surface area contributed by atoms with Crippen molar-refractivity contribution in [3.05, 3.63) is 109 Å². The predicted octanol–water partition coefficient (Wildman–Crippen LogP) is 19.1. The molecule has 0 rings (SSSR count). The normalized spacial score (nSPS) is 12.9. The van der Waals surface area contributed by atoms with E-state index in [1.165, 1.54) is 116 Å². The van der Waals surface area contributed by atoms with Crippen molar-refractivity contribution in [2.24, 2.45) is 0 Å². The van der Waals surface area contributed by atoms with Gasteiger partial charge in [0.05, 0.1) is 0 Å². The molecule has 0 amide bonds. The van der Waals surface area contributed by atoms with Crippen LogP contribution < -0.4 is 0 Å². The van der Waals surface area contributed by atoms with Gasteiger partial charge in [0, 0.05) is 19.3 Å². The molecule has 0 spiro atoms. The number of allylic oxidation sites excluding steroid dienone is 18. The Morgan fingerprint density at radius 3 is 0.942 bits per heavy atom. The molecule has 392 valence electrons. The second kappa shape index (κ2) is 56.7. The SMILES string of the molecule is CC/C=C\C/C=C\C/C=C\C/C=C\C/C=C\C/C=C\CCC(=O)OC(COC(=O)CCCCCCCCC)COC(=O)CCCCCCCCCCCC/C=C\C/C=C\C/C=C\CCCCCCC. The molecule has 1 unspecified atom stereocenters. The second-order valence-electron chi connectivity index (χ2n) is 18.5. The first-order chi connectivity index (χ1) is 34.0. The Balaban J connectivity index is 4.30. The Morgan fingerprint density at radius 2 is 0.594 bits per heavy atom. The van der Waals surface area contributed by atoms with Gasteiger partial charge in [0.1, 0.15) is 13.2 Å². The molecule has 6 nitrogen and oxygen atoms in total. The van der Waals surface area contributed by atoms with Crippen LogP contribution in [0.2, 0.25) is 0 Å². The number of hydrogen-bond donors (Lipinski definition) is 0. The van der Waals surface area contributed by atoms with Gasteiger partial charge in [0.25, 0.3) is 0 Å². The third kappa shape index (κ3) is 54.9. The number of rotatable bonds is 50. The predicted molar refractivity (Wildman–Crippen MR) is 297 cm³/mol. The summed E-state index contributed by atoms with van der Waals surface area (Å²) in [5, 5.41) is 0. The lowest BCUT2D eigenvalue weighted by molar-refractivity contribution is -0.166. The first-order valence-electron chi connectivity index (χ1n) is 28.4. The molecule has 0 radical (unpaired) electrons. The molecule has 0 N–H and O–H groups in total. The topological polar surface area (TPSA) is 78.9 Å². The van der Waals surface area contributed by atoms with Crippen LogP contribution >= 0.6 is 0 Å². The maximum Gasteiger partial charge on any atom is 0.306 e. The van der Waals surface area contributed by atoms with E-state index in [1.807, 2.05) is 12.2 Å². The van der Waals surface area contributed by atoms with Gasteiger partial charge < -0.3 is 14.2 Å². The number of carbonyl (C=O) groups is 3. The summed E-state index contributed by atoms with van der Waals surface area (Å²) in [5.41, 5.74) is 0. The number of carbonyl (C=O) groups excluding carboxylic acids is 3. The zero-order chi connectivity index (χ0) is 50.0. The maximum absolute atomic E-state index is 12.8. The molecule has 69 heavy (non-hydrogen) atoms. The Bertz CT molecular complexity index is 1420. The van der Waals surface area contributed by atoms with Gasteiger partial charge in [-0.3, -0.25) is 14.4 Å². The largest absolute Gasteiger partial charge is 0.462 e. The van der Waals surface area contributed by atoms with E-state index in [2.05, 4.69) is 118 Å². The van der Waals surface area contributed by atoms with E-state index in [4.69, 9.17) is 14.2 Å². The summed E-state index contributed by atoms with van der Waals surface area (Å²) < 4.78 is 16.7. The number of esters is 3. The molecule has 6 heteroatoms. The summed E-state index contributed by atoms with van der Waals surface area (Å²) in [5.74, 6) is -1.01. The Labute approximate surface area is 425 Å². The molecule has 0 aliphatic rings. The van der Waals surface area contributed by atoms with Gasteiger partial charge in [0.2, 0.25) is 0 Å². The van der Waals surface area contributed by atoms with Crippen LogP contribution in [0.3, 0.4) is 0 Å². The summed E-state index contributed by atoms with van der Waals surface area (Å²) in [4.78, 5) is 37.9. The number of hydrogen-bond acceptors (Lipinski definition) is 6. The van der Waals surface area contributed by atoms with Crippen LogP contribution in [0.5, 0.6) is 0 Å². The zero-order valence-electron chi connectivity index (χ0n) is 44.8. The molecule has 1 atom stereocenters. The van der Waals surface area contributed by atoms with Crippen molar-refractivity contribution in [1.82, 2.24) is 0 Å². The second-order valence-corrected chi connectivity index (χ2v) is 18.5. The summed E-state index contributed by atoms with van der Waals surface area (Å²) in [6.45, 7) is 6.40. The fourth-order valence-electron chi connectivity index (χ4n) is 7.53. The monoisotopic (exact) mass is 957 g/mol. The lowest BCUT2D eigenvalue weighted by Crippen LogP contribution is -2.30. The number of ether oxygens (including phenoxy) is 3. The van der Waals surface area contributed by atoms with Crippen molar-refractivity contribution < 1.29 is 28.6 Å². The quantitative estimate of drug-likeness (QED) is 0.0262. The first kappa shape index (κ1) is 65.1. The third-order valence-electron chi connectivity index (χ3n) is 11.8. The first-order valence-corrected chi connectivity index (χ1v) is 28.4. The van der Waals surface area contributed by atoms with Crippen LogP contribution in [-0.4, -0.2) is 37.2 Å². The van der Waals surface area contributed by atoms with Gasteiger partial charge in [-0.25, -0.2) is 0 Å². The summed E-state index contributed by atoms with van der Waals surface area (Å²) in [6, 6.07) is 0. The van der Waals surface area contributed by atoms with E-state index in [9.17, 15) is 14.4 Å². The van der Waals surface area contributed by atoms with E-state index in [1.54, 1.807) is 0 Å². The zero-order valence-corrected chi connectivity index (χ0v) is 44.8. The van der Waals surface area contributed by atoms with E-state index in [0.717, 1.165) is 89.9 Å². The molecule has 0 fully saturated rings. The van der Waals surface area contributed by atoms with Crippen LogP contribution in [0.25, 0.3) is 0 Å². The van der Waals surface area contributed by atoms with Crippen molar-refractivity contribution in [3.63, 3.8) is 0 Å². The van der Waals surface area contributed by atoms with E-state index < -0.39 is 12.1 Å². The maximum atomic E-state index is 12.8. The van der Waals surface area contributed by atoms with Gasteiger partial charge in [0.15, 0.2) is 6.10 Å². The average molecular weight is 958 g/mol. The van der Waals surface area contributed by atoms with Crippen molar-refractivity contribution in [3.8, 4) is 0 Å². The van der Waals surface area contributed by atoms with E-state index in [-0.39, 0.29) is 31.6 Å². The lowest BCUT2D eigenvalue weighted by atomic mass is 10.1. The third-order valence-corrected chi connectivity index (χ3v) is 11.8. The number of unbranched alkanes of at least 4 members (excludes halogenated alkanes) is 21. The molecule has 0 heterocycles. The molecule has 0 saturated heterocycles. The molecule has 0 aliphatic carbocycles. The Kier molecular flexibility index (Phi) is 53.4. The minimum atomic E-state index is -0.819. The lowest BCUT2D eigenvalue weighted by Gasteiger charge is -2.18. The molecule has 0 aromatic carbocycles. The molecule has 0 aromatic heterocycles. The summed E-state index contributed by atoms with van der Waals surface area (Å²) >= 11 is 0. The molecular weight excluding hydrogens is 853 g/mol. The minimum absolute atomic E-state index is 0.110. The highest BCUT2D eigenvalue weighted by atomic mass is 16.6. The van der Waals surface area contributed by atoms with Crippen molar-refractivity contribution in [1.29, 1.82) is 0 Å². The molecule has 0 aromatic rings. The van der Waals surface area contributed by atoms with Crippen LogP contribution in [0.4, 0.5) is 0 Å². The van der Waals surface area contributed by atoms with E-state index in [0.29, 0.717) is 19.3 Å². The molecular formula is C63H104O6. The van der Waals surface area contributed by atoms with Crippen molar-refractivity contribution in [2.75, 3.05) is 13.2 Å². The van der Waals surface area contributed by atoms with Gasteiger partial charge >= 0.3 is 17.9 Å². The van der Waals surface area contributed by atoms with E-state index >= 15 is 0 Å². The smallest absolute Gasteiger partial charge is 0.306 e. The standard InChI is InChI=1S/C63H104O6/c1-4-7-10-13-16-18-20-22-24-26-28-29-30-31-32-33-35-36-38-40-42-44-47-50-53-56-62(65)68-59-60(58-67-61(64)55-52-49-46-15-12-9-6-3)69-63(66)57-54-51-48-45-43-41-39-37-34-27-25-23-21-19-17-14-11-8-5-2/h8,11,17,19-20,22-23,25-26,28,30-31,34,37,41,43,48,51,60H,4-7,9-10,12-16,18,21,24,27,29,32-33,35-36,38-40,42,44-47,49-50,52-59H2,1-3H3/b11-8-,19-17-,22-20-,25-23-,28-26-,31-30-,37-34-,43-41-,51-48-. The molecule has 0 bridgehead atoms. The van der Waals surface area contributed by atoms with Crippen LogP contribution in [0.1, 0.15) is 252 Å². The van der Waals surface area contributed by atoms with Crippen LogP contribution in [-0.2, 0) is 28.6 Å². The van der Waals surface area contributed by atoms with Gasteiger partial charge in [-0.2, -0.15) is 0 Å². The Morgan fingerprint density at radius 1 is 0.304 bits per heavy atom. The van der Waals surface area contributed by atoms with Crippen molar-refractivity contribution in [2.45, 2.75) is 258 Å². The summed E-state index contributed by atoms with van der Waals surface area (Å²) in [6.07, 6.45) is 76.9. The van der Waals surface area contributed by atoms with Gasteiger partial charge in [-0.15, -0.1) is 0 Å². The highest BCUT2D eigenvalue weighted by Gasteiger charge is 2.19. The summed E-state index contributed by atoms with van der Waals surface area (Å²) in [7, 11) is 0. The minimum Gasteiger partial charge on any atom is -0.462 e. The van der Waals surface area contributed by atoms with Gasteiger partial charge in [-0.1, -0.05) is 246 Å². The highest BCUT2D eigenvalue weighted by Crippen LogP contribution is 2.14. The van der Waals surface area contributed by atoms with Gasteiger partial charge in [-0.05, 0) is 96.3 Å². The van der Waals surface area contributed by atoms with Crippen LogP contribution in [0.15, 0.2) is 109 Å². The molecule has 0 saturated carbocycles. The fourth-order valence-corrected chi connectivity index (χ4v) is 7.53.